The van der Waals surface area contributed by atoms with Gasteiger partial charge in [0.15, 0.2) is 0 Å². The predicted molar refractivity (Wildman–Crippen MR) is 130 cm³/mol. The Morgan fingerprint density at radius 3 is 2.52 bits per heavy atom. The van der Waals surface area contributed by atoms with Crippen molar-refractivity contribution in [3.05, 3.63) is 70.5 Å². The molecule has 9 heteroatoms. The Labute approximate surface area is 203 Å². The molecule has 0 radical (unpaired) electrons. The van der Waals surface area contributed by atoms with Crippen LogP contribution >= 0.6 is 23.4 Å². The van der Waals surface area contributed by atoms with Crippen molar-refractivity contribution in [2.24, 2.45) is 0 Å². The quantitative estimate of drug-likeness (QED) is 0.530. The molecule has 1 heterocycles. The summed E-state index contributed by atoms with van der Waals surface area (Å²) in [5.41, 5.74) is 1.25. The molecule has 1 aliphatic heterocycles. The highest BCUT2D eigenvalue weighted by Crippen LogP contribution is 2.22. The van der Waals surface area contributed by atoms with E-state index in [1.54, 1.807) is 48.2 Å². The van der Waals surface area contributed by atoms with Gasteiger partial charge >= 0.3 is 0 Å². The molecule has 0 saturated carbocycles. The molecule has 2 amide bonds. The Morgan fingerprint density at radius 1 is 1.15 bits per heavy atom. The van der Waals surface area contributed by atoms with Crippen molar-refractivity contribution in [2.75, 3.05) is 44.9 Å². The molecule has 0 unspecified atom stereocenters. The number of nitrogens with zero attached hydrogens (tertiary/aromatic N) is 1. The summed E-state index contributed by atoms with van der Waals surface area (Å²) in [5.74, 6) is -0.232. The third-order valence-corrected chi connectivity index (χ3v) is 6.54. The van der Waals surface area contributed by atoms with Crippen molar-refractivity contribution < 1.29 is 18.7 Å². The third kappa shape index (κ3) is 7.43. The van der Waals surface area contributed by atoms with Crippen LogP contribution in [-0.4, -0.2) is 67.6 Å². The lowest BCUT2D eigenvalue weighted by Gasteiger charge is -2.35. The molecule has 0 aromatic heterocycles. The smallest absolute Gasteiger partial charge is 0.253 e. The van der Waals surface area contributed by atoms with Crippen LogP contribution in [-0.2, 0) is 9.53 Å². The van der Waals surface area contributed by atoms with Gasteiger partial charge < -0.3 is 15.4 Å². The van der Waals surface area contributed by atoms with Crippen LogP contribution in [0.4, 0.5) is 4.39 Å². The third-order valence-electron chi connectivity index (χ3n) is 5.56. The Balaban J connectivity index is 1.70. The molecule has 1 aliphatic rings. The highest BCUT2D eigenvalue weighted by molar-refractivity contribution is 7.98. The van der Waals surface area contributed by atoms with Crippen molar-refractivity contribution in [1.82, 2.24) is 15.5 Å². The standard InChI is InChI=1S/C24H29ClFN3O3S/c1-33-15-10-21(28-23(30)19-4-2-3-5-20(19)25)24(31)27-16-22(29-11-13-32-14-12-29)17-6-8-18(26)9-7-17/h2-9,21-22H,10-16H2,1H3,(H,27,31)(H,28,30)/t21-,22-/m1/s1. The minimum atomic E-state index is -0.695. The second kappa shape index (κ2) is 12.9. The summed E-state index contributed by atoms with van der Waals surface area (Å²) in [6.07, 6.45) is 2.44. The Bertz CT molecular complexity index is 925. The number of thioether (sulfide) groups is 1. The number of nitrogens with one attached hydrogen (secondary N) is 2. The Kier molecular flexibility index (Phi) is 9.99. The Hall–Kier alpha value is -2.13. The van der Waals surface area contributed by atoms with Gasteiger partial charge in [0.2, 0.25) is 5.91 Å². The first kappa shape index (κ1) is 25.5. The number of halogens is 2. The van der Waals surface area contributed by atoms with Crippen molar-refractivity contribution in [2.45, 2.75) is 18.5 Å². The van der Waals surface area contributed by atoms with E-state index in [-0.39, 0.29) is 23.7 Å². The molecule has 2 aromatic carbocycles. The van der Waals surface area contributed by atoms with Gasteiger partial charge in [-0.2, -0.15) is 11.8 Å². The fourth-order valence-corrected chi connectivity index (χ4v) is 4.43. The average molecular weight is 494 g/mol. The van der Waals surface area contributed by atoms with Crippen LogP contribution in [0, 0.1) is 5.82 Å². The largest absolute Gasteiger partial charge is 0.379 e. The molecular formula is C24H29ClFN3O3S. The minimum Gasteiger partial charge on any atom is -0.379 e. The first-order valence-corrected chi connectivity index (χ1v) is 12.7. The average Bonchev–Trinajstić information content (AvgIpc) is 2.83. The minimum absolute atomic E-state index is 0.126. The van der Waals surface area contributed by atoms with E-state index in [4.69, 9.17) is 16.3 Å². The maximum absolute atomic E-state index is 13.5. The maximum Gasteiger partial charge on any atom is 0.253 e. The number of carbonyl (C=O) groups excluding carboxylic acids is 2. The molecular weight excluding hydrogens is 465 g/mol. The number of morpholine rings is 1. The lowest BCUT2D eigenvalue weighted by Crippen LogP contribution is -2.50. The number of hydrogen-bond donors (Lipinski definition) is 2. The lowest BCUT2D eigenvalue weighted by atomic mass is 10.0. The maximum atomic E-state index is 13.5. The molecule has 2 N–H and O–H groups in total. The van der Waals surface area contributed by atoms with Gasteiger partial charge in [-0.25, -0.2) is 4.39 Å². The second-order valence-electron chi connectivity index (χ2n) is 7.75. The molecule has 178 valence electrons. The normalized spacial score (nSPS) is 16.1. The summed E-state index contributed by atoms with van der Waals surface area (Å²) in [5, 5.41) is 6.16. The van der Waals surface area contributed by atoms with Crippen LogP contribution in [0.25, 0.3) is 0 Å². The molecule has 0 spiro atoms. The van der Waals surface area contributed by atoms with E-state index in [2.05, 4.69) is 15.5 Å². The number of carbonyl (C=O) groups is 2. The van der Waals surface area contributed by atoms with Gasteiger partial charge in [-0.1, -0.05) is 35.9 Å². The zero-order chi connectivity index (χ0) is 23.6. The summed E-state index contributed by atoms with van der Waals surface area (Å²) in [7, 11) is 0. The monoisotopic (exact) mass is 493 g/mol. The van der Waals surface area contributed by atoms with Gasteiger partial charge in [0, 0.05) is 19.6 Å². The van der Waals surface area contributed by atoms with Crippen LogP contribution in [0.1, 0.15) is 28.4 Å². The first-order chi connectivity index (χ1) is 16.0. The van der Waals surface area contributed by atoms with E-state index in [0.717, 1.165) is 18.7 Å². The fraction of sp³-hybridized carbons (Fsp3) is 0.417. The highest BCUT2D eigenvalue weighted by Gasteiger charge is 2.26. The van der Waals surface area contributed by atoms with Gasteiger partial charge in [0.1, 0.15) is 11.9 Å². The van der Waals surface area contributed by atoms with Crippen LogP contribution in [0.3, 0.4) is 0 Å². The van der Waals surface area contributed by atoms with Gasteiger partial charge in [-0.15, -0.1) is 0 Å². The molecule has 0 aliphatic carbocycles. The topological polar surface area (TPSA) is 70.7 Å². The molecule has 1 fully saturated rings. The summed E-state index contributed by atoms with van der Waals surface area (Å²) in [6, 6.07) is 12.3. The van der Waals surface area contributed by atoms with E-state index >= 15 is 0 Å². The number of hydrogen-bond acceptors (Lipinski definition) is 5. The summed E-state index contributed by atoms with van der Waals surface area (Å²) < 4.78 is 18.9. The molecule has 2 atom stereocenters. The van der Waals surface area contributed by atoms with Crippen molar-refractivity contribution in [3.63, 3.8) is 0 Å². The zero-order valence-electron chi connectivity index (χ0n) is 18.6. The highest BCUT2D eigenvalue weighted by atomic mass is 35.5. The first-order valence-electron chi connectivity index (χ1n) is 10.9. The molecule has 3 rings (SSSR count). The van der Waals surface area contributed by atoms with E-state index in [1.165, 1.54) is 12.1 Å². The predicted octanol–water partition coefficient (Wildman–Crippen LogP) is 3.52. The Morgan fingerprint density at radius 2 is 1.85 bits per heavy atom. The number of benzene rings is 2. The van der Waals surface area contributed by atoms with Crippen LogP contribution in [0.5, 0.6) is 0 Å². The van der Waals surface area contributed by atoms with Crippen LogP contribution < -0.4 is 10.6 Å². The molecule has 6 nitrogen and oxygen atoms in total. The van der Waals surface area contributed by atoms with Gasteiger partial charge in [-0.3, -0.25) is 14.5 Å². The number of ether oxygens (including phenoxy) is 1. The molecule has 2 aromatic rings. The summed E-state index contributed by atoms with van der Waals surface area (Å²) >= 11 is 7.75. The molecule has 33 heavy (non-hydrogen) atoms. The number of rotatable bonds is 10. The second-order valence-corrected chi connectivity index (χ2v) is 9.14. The van der Waals surface area contributed by atoms with Gasteiger partial charge in [0.05, 0.1) is 29.8 Å². The van der Waals surface area contributed by atoms with E-state index < -0.39 is 6.04 Å². The van der Waals surface area contributed by atoms with Gasteiger partial charge in [0.25, 0.3) is 5.91 Å². The fourth-order valence-electron chi connectivity index (χ4n) is 3.74. The SMILES string of the molecule is CSCC[C@@H](NC(=O)c1ccccc1Cl)C(=O)NC[C@H](c1ccc(F)cc1)N1CCOCC1. The van der Waals surface area contributed by atoms with Crippen LogP contribution in [0.15, 0.2) is 48.5 Å². The molecule has 0 bridgehead atoms. The summed E-state index contributed by atoms with van der Waals surface area (Å²) in [6.45, 7) is 2.99. The van der Waals surface area contributed by atoms with Crippen molar-refractivity contribution in [3.8, 4) is 0 Å². The van der Waals surface area contributed by atoms with Gasteiger partial charge in [-0.05, 0) is 48.3 Å². The lowest BCUT2D eigenvalue weighted by molar-refractivity contribution is -0.123. The molecule has 1 saturated heterocycles. The van der Waals surface area contributed by atoms with Crippen molar-refractivity contribution in [1.29, 1.82) is 0 Å². The van der Waals surface area contributed by atoms with E-state index in [0.29, 0.717) is 42.5 Å². The van der Waals surface area contributed by atoms with E-state index in [1.807, 2.05) is 6.26 Å². The van der Waals surface area contributed by atoms with E-state index in [9.17, 15) is 14.0 Å². The number of amides is 2. The van der Waals surface area contributed by atoms with Crippen LogP contribution in [0.2, 0.25) is 5.02 Å². The van der Waals surface area contributed by atoms with Crippen molar-refractivity contribution >= 4 is 35.2 Å². The summed E-state index contributed by atoms with van der Waals surface area (Å²) in [4.78, 5) is 28.1. The zero-order valence-corrected chi connectivity index (χ0v) is 20.1.